The van der Waals surface area contributed by atoms with Gasteiger partial charge in [-0.05, 0) is 13.5 Å². The van der Waals surface area contributed by atoms with E-state index in [1.807, 2.05) is 13.8 Å². The van der Waals surface area contributed by atoms with Crippen molar-refractivity contribution in [1.82, 2.24) is 15.5 Å². The molecule has 1 aromatic rings. The van der Waals surface area contributed by atoms with Crippen LogP contribution < -0.4 is 5.32 Å². The minimum Gasteiger partial charge on any atom is -0.308 e. The van der Waals surface area contributed by atoms with Crippen LogP contribution in [0.3, 0.4) is 0 Å². The predicted molar refractivity (Wildman–Crippen MR) is 60.5 cm³/mol. The Morgan fingerprint density at radius 1 is 1.47 bits per heavy atom. The van der Waals surface area contributed by atoms with Crippen molar-refractivity contribution in [2.45, 2.75) is 25.6 Å². The molecule has 0 radical (unpaired) electrons. The van der Waals surface area contributed by atoms with Crippen LogP contribution in [-0.4, -0.2) is 31.4 Å². The van der Waals surface area contributed by atoms with E-state index in [0.717, 1.165) is 11.6 Å². The summed E-state index contributed by atoms with van der Waals surface area (Å²) in [4.78, 5) is 0. The fourth-order valence-corrected chi connectivity index (χ4v) is 3.17. The van der Waals surface area contributed by atoms with Gasteiger partial charge < -0.3 is 5.32 Å². The van der Waals surface area contributed by atoms with Gasteiger partial charge in [-0.25, -0.2) is 8.42 Å². The highest BCUT2D eigenvalue weighted by Gasteiger charge is 2.13. The minimum atomic E-state index is -3.01. The van der Waals surface area contributed by atoms with Gasteiger partial charge in [0.2, 0.25) is 0 Å². The van der Waals surface area contributed by atoms with E-state index in [9.17, 15) is 8.42 Å². The lowest BCUT2D eigenvalue weighted by molar-refractivity contribution is 0.589. The average molecular weight is 249 g/mol. The lowest BCUT2D eigenvalue weighted by Crippen LogP contribution is -2.17. The molecular weight excluding hydrogens is 234 g/mol. The molecule has 0 aromatic carbocycles. The summed E-state index contributed by atoms with van der Waals surface area (Å²) in [6, 6.07) is 0.126. The minimum absolute atomic E-state index is 0.0243. The molecule has 1 N–H and O–H groups in total. The van der Waals surface area contributed by atoms with Gasteiger partial charge in [-0.2, -0.15) is 0 Å². The molecule has 86 valence electrons. The second-order valence-electron chi connectivity index (χ2n) is 3.38. The van der Waals surface area contributed by atoms with Crippen molar-refractivity contribution in [2.75, 3.05) is 12.8 Å². The third-order valence-electron chi connectivity index (χ3n) is 1.75. The van der Waals surface area contributed by atoms with Gasteiger partial charge in [-0.15, -0.1) is 10.2 Å². The first-order chi connectivity index (χ1) is 6.92. The monoisotopic (exact) mass is 249 g/mol. The lowest BCUT2D eigenvalue weighted by atomic mass is 10.3. The Morgan fingerprint density at radius 3 is 2.67 bits per heavy atom. The standard InChI is InChI=1S/C8H15N3O2S2/c1-4-9-6(2)8-11-10-7(14-8)5-15(3,12)13/h6,9H,4-5H2,1-3H3. The maximum Gasteiger partial charge on any atom is 0.154 e. The highest BCUT2D eigenvalue weighted by molar-refractivity contribution is 7.90. The molecule has 0 amide bonds. The van der Waals surface area contributed by atoms with Crippen molar-refractivity contribution < 1.29 is 8.42 Å². The van der Waals surface area contributed by atoms with Crippen LogP contribution in [0, 0.1) is 0 Å². The van der Waals surface area contributed by atoms with Gasteiger partial charge >= 0.3 is 0 Å². The van der Waals surface area contributed by atoms with Gasteiger partial charge in [-0.1, -0.05) is 18.3 Å². The molecule has 7 heteroatoms. The summed E-state index contributed by atoms with van der Waals surface area (Å²) in [5, 5.41) is 12.4. The summed E-state index contributed by atoms with van der Waals surface area (Å²) >= 11 is 1.34. The Kier molecular flexibility index (Phi) is 4.18. The van der Waals surface area contributed by atoms with E-state index in [2.05, 4.69) is 15.5 Å². The zero-order valence-electron chi connectivity index (χ0n) is 9.02. The van der Waals surface area contributed by atoms with Crippen LogP contribution in [0.5, 0.6) is 0 Å². The van der Waals surface area contributed by atoms with E-state index in [0.29, 0.717) is 5.01 Å². The molecule has 0 saturated heterocycles. The van der Waals surface area contributed by atoms with E-state index < -0.39 is 9.84 Å². The number of hydrogen-bond donors (Lipinski definition) is 1. The molecule has 1 heterocycles. The van der Waals surface area contributed by atoms with Crippen LogP contribution in [0.25, 0.3) is 0 Å². The van der Waals surface area contributed by atoms with Crippen LogP contribution >= 0.6 is 11.3 Å². The van der Waals surface area contributed by atoms with Gasteiger partial charge in [0.15, 0.2) is 9.84 Å². The molecule has 15 heavy (non-hydrogen) atoms. The summed E-state index contributed by atoms with van der Waals surface area (Å²) < 4.78 is 22.1. The summed E-state index contributed by atoms with van der Waals surface area (Å²) in [6.07, 6.45) is 1.20. The molecule has 0 spiro atoms. The SMILES string of the molecule is CCNC(C)c1nnc(CS(C)(=O)=O)s1. The number of hydrogen-bond acceptors (Lipinski definition) is 6. The van der Waals surface area contributed by atoms with Crippen molar-refractivity contribution in [3.05, 3.63) is 10.0 Å². The number of nitrogens with zero attached hydrogens (tertiary/aromatic N) is 2. The van der Waals surface area contributed by atoms with Crippen LogP contribution in [0.15, 0.2) is 0 Å². The first-order valence-corrected chi connectivity index (χ1v) is 7.53. The predicted octanol–water partition coefficient (Wildman–Crippen LogP) is 0.753. The second kappa shape index (κ2) is 5.00. The Labute approximate surface area is 93.8 Å². The molecule has 0 aliphatic heterocycles. The van der Waals surface area contributed by atoms with Crippen molar-refractivity contribution in [3.8, 4) is 0 Å². The Bertz CT molecular complexity index is 413. The Hall–Kier alpha value is -0.530. The molecule has 1 rings (SSSR count). The van der Waals surface area contributed by atoms with Gasteiger partial charge in [0.1, 0.15) is 15.8 Å². The molecule has 5 nitrogen and oxygen atoms in total. The van der Waals surface area contributed by atoms with Crippen LogP contribution in [-0.2, 0) is 15.6 Å². The van der Waals surface area contributed by atoms with Crippen molar-refractivity contribution in [1.29, 1.82) is 0 Å². The lowest BCUT2D eigenvalue weighted by Gasteiger charge is -2.06. The number of aromatic nitrogens is 2. The van der Waals surface area contributed by atoms with E-state index in [1.165, 1.54) is 17.6 Å². The van der Waals surface area contributed by atoms with E-state index in [4.69, 9.17) is 0 Å². The molecule has 1 aromatic heterocycles. The zero-order valence-corrected chi connectivity index (χ0v) is 10.7. The Balaban J connectivity index is 2.72. The normalized spacial score (nSPS) is 14.1. The van der Waals surface area contributed by atoms with Gasteiger partial charge in [0, 0.05) is 6.26 Å². The third kappa shape index (κ3) is 4.23. The van der Waals surface area contributed by atoms with Crippen molar-refractivity contribution in [2.24, 2.45) is 0 Å². The third-order valence-corrected chi connectivity index (χ3v) is 3.84. The van der Waals surface area contributed by atoms with E-state index in [1.54, 1.807) is 0 Å². The summed E-state index contributed by atoms with van der Waals surface area (Å²) in [7, 11) is -3.01. The topological polar surface area (TPSA) is 72.0 Å². The number of rotatable bonds is 5. The van der Waals surface area contributed by atoms with E-state index >= 15 is 0 Å². The molecule has 0 fully saturated rings. The largest absolute Gasteiger partial charge is 0.308 e. The van der Waals surface area contributed by atoms with Gasteiger partial charge in [0.05, 0.1) is 6.04 Å². The maximum absolute atomic E-state index is 11.0. The first-order valence-electron chi connectivity index (χ1n) is 4.65. The molecule has 1 atom stereocenters. The van der Waals surface area contributed by atoms with Crippen LogP contribution in [0.4, 0.5) is 0 Å². The van der Waals surface area contributed by atoms with Crippen molar-refractivity contribution in [3.63, 3.8) is 0 Å². The average Bonchev–Trinajstić information content (AvgIpc) is 2.50. The molecule has 0 saturated carbocycles. The summed E-state index contributed by atoms with van der Waals surface area (Å²) in [5.74, 6) is -0.0243. The quantitative estimate of drug-likeness (QED) is 0.834. The van der Waals surface area contributed by atoms with Gasteiger partial charge in [0.25, 0.3) is 0 Å². The zero-order chi connectivity index (χ0) is 11.5. The Morgan fingerprint density at radius 2 is 2.13 bits per heavy atom. The van der Waals surface area contributed by atoms with Crippen LogP contribution in [0.2, 0.25) is 0 Å². The summed E-state index contributed by atoms with van der Waals surface area (Å²) in [6.45, 7) is 4.84. The van der Waals surface area contributed by atoms with Crippen molar-refractivity contribution >= 4 is 21.2 Å². The molecule has 0 aliphatic carbocycles. The second-order valence-corrected chi connectivity index (χ2v) is 6.62. The molecule has 1 unspecified atom stereocenters. The smallest absolute Gasteiger partial charge is 0.154 e. The molecule has 0 aliphatic rings. The number of nitrogens with one attached hydrogen (secondary N) is 1. The number of sulfone groups is 1. The highest BCUT2D eigenvalue weighted by atomic mass is 32.2. The first kappa shape index (κ1) is 12.5. The van der Waals surface area contributed by atoms with Crippen LogP contribution in [0.1, 0.15) is 29.9 Å². The summed E-state index contributed by atoms with van der Waals surface area (Å²) in [5.41, 5.74) is 0. The highest BCUT2D eigenvalue weighted by Crippen LogP contribution is 2.18. The molecule has 0 bridgehead atoms. The molecular formula is C8H15N3O2S2. The fourth-order valence-electron chi connectivity index (χ4n) is 1.12. The van der Waals surface area contributed by atoms with E-state index in [-0.39, 0.29) is 11.8 Å². The maximum atomic E-state index is 11.0. The van der Waals surface area contributed by atoms with Gasteiger partial charge in [-0.3, -0.25) is 0 Å². The fraction of sp³-hybridized carbons (Fsp3) is 0.750.